The number of para-hydroxylation sites is 1. The molecule has 3 rings (SSSR count). The number of nitrogens with zero attached hydrogens (tertiary/aromatic N) is 2. The molecule has 23 heavy (non-hydrogen) atoms. The third kappa shape index (κ3) is 3.02. The summed E-state index contributed by atoms with van der Waals surface area (Å²) in [5, 5.41) is 3.11. The second-order valence-corrected chi connectivity index (χ2v) is 5.69. The van der Waals surface area contributed by atoms with E-state index < -0.39 is 0 Å². The molecule has 6 heteroatoms. The van der Waals surface area contributed by atoms with Gasteiger partial charge < -0.3 is 19.4 Å². The molecule has 0 spiro atoms. The first-order chi connectivity index (χ1) is 11.2. The smallest absolute Gasteiger partial charge is 0.223 e. The number of carbonyl (C=O) groups is 1. The van der Waals surface area contributed by atoms with Crippen molar-refractivity contribution in [3.63, 3.8) is 0 Å². The molecule has 0 bridgehead atoms. The number of methoxy groups -OCH3 is 2. The SMILES string of the molecule is COc1cccc([C@H](NC(=O)C2CC2)c2nccn2C)c1OC. The highest BCUT2D eigenvalue weighted by atomic mass is 16.5. The van der Waals surface area contributed by atoms with Gasteiger partial charge in [0.2, 0.25) is 5.91 Å². The molecule has 1 fully saturated rings. The quantitative estimate of drug-likeness (QED) is 0.886. The van der Waals surface area contributed by atoms with Gasteiger partial charge in [0.15, 0.2) is 11.5 Å². The van der Waals surface area contributed by atoms with Crippen LogP contribution in [0.25, 0.3) is 0 Å². The molecule has 1 heterocycles. The summed E-state index contributed by atoms with van der Waals surface area (Å²) < 4.78 is 12.8. The largest absolute Gasteiger partial charge is 0.493 e. The Morgan fingerprint density at radius 2 is 2.13 bits per heavy atom. The Morgan fingerprint density at radius 1 is 1.35 bits per heavy atom. The second kappa shape index (κ2) is 6.32. The van der Waals surface area contributed by atoms with Crippen molar-refractivity contribution < 1.29 is 14.3 Å². The lowest BCUT2D eigenvalue weighted by Gasteiger charge is -2.22. The van der Waals surface area contributed by atoms with E-state index in [1.807, 2.05) is 36.0 Å². The molecule has 1 aromatic carbocycles. The number of imidazole rings is 1. The van der Waals surface area contributed by atoms with Crippen LogP contribution in [0.4, 0.5) is 0 Å². The Balaban J connectivity index is 2.04. The summed E-state index contributed by atoms with van der Waals surface area (Å²) in [6.07, 6.45) is 5.49. The van der Waals surface area contributed by atoms with E-state index in [0.29, 0.717) is 11.5 Å². The lowest BCUT2D eigenvalue weighted by molar-refractivity contribution is -0.122. The van der Waals surface area contributed by atoms with E-state index in [9.17, 15) is 4.79 Å². The zero-order chi connectivity index (χ0) is 16.4. The maximum atomic E-state index is 12.3. The third-order valence-electron chi connectivity index (χ3n) is 4.10. The van der Waals surface area contributed by atoms with E-state index in [0.717, 1.165) is 24.2 Å². The molecule has 0 radical (unpaired) electrons. The fourth-order valence-corrected chi connectivity index (χ4v) is 2.68. The molecule has 2 aromatic rings. The van der Waals surface area contributed by atoms with Crippen LogP contribution >= 0.6 is 0 Å². The van der Waals surface area contributed by atoms with E-state index >= 15 is 0 Å². The van der Waals surface area contributed by atoms with E-state index in [-0.39, 0.29) is 17.9 Å². The summed E-state index contributed by atoms with van der Waals surface area (Å²) in [5.74, 6) is 2.17. The van der Waals surface area contributed by atoms with Gasteiger partial charge in [-0.15, -0.1) is 0 Å². The molecule has 1 N–H and O–H groups in total. The average Bonchev–Trinajstić information content (AvgIpc) is 3.34. The molecule has 1 aliphatic rings. The van der Waals surface area contributed by atoms with Crippen molar-refractivity contribution in [1.29, 1.82) is 0 Å². The number of amides is 1. The number of aryl methyl sites for hydroxylation is 1. The molecule has 1 atom stereocenters. The van der Waals surface area contributed by atoms with Crippen LogP contribution in [0.15, 0.2) is 30.6 Å². The van der Waals surface area contributed by atoms with Crippen LogP contribution < -0.4 is 14.8 Å². The number of hydrogen-bond acceptors (Lipinski definition) is 4. The lowest BCUT2D eigenvalue weighted by atomic mass is 10.0. The van der Waals surface area contributed by atoms with Gasteiger partial charge in [-0.05, 0) is 18.9 Å². The Bertz CT molecular complexity index is 707. The maximum absolute atomic E-state index is 12.3. The first kappa shape index (κ1) is 15.4. The number of ether oxygens (including phenoxy) is 2. The van der Waals surface area contributed by atoms with E-state index in [1.165, 1.54) is 0 Å². The number of benzene rings is 1. The average molecular weight is 315 g/mol. The van der Waals surface area contributed by atoms with Crippen LogP contribution in [0.1, 0.15) is 30.3 Å². The van der Waals surface area contributed by atoms with Crippen molar-refractivity contribution in [3.05, 3.63) is 42.0 Å². The Morgan fingerprint density at radius 3 is 2.70 bits per heavy atom. The van der Waals surface area contributed by atoms with Crippen LogP contribution in [-0.2, 0) is 11.8 Å². The van der Waals surface area contributed by atoms with Crippen molar-refractivity contribution in [2.75, 3.05) is 14.2 Å². The molecule has 1 saturated carbocycles. The minimum atomic E-state index is -0.381. The molecule has 1 aromatic heterocycles. The number of hydrogen-bond donors (Lipinski definition) is 1. The summed E-state index contributed by atoms with van der Waals surface area (Å²) in [7, 11) is 5.10. The molecule has 6 nitrogen and oxygen atoms in total. The van der Waals surface area contributed by atoms with Gasteiger partial charge in [0, 0.05) is 30.9 Å². The summed E-state index contributed by atoms with van der Waals surface area (Å²) in [6.45, 7) is 0. The molecular weight excluding hydrogens is 294 g/mol. The first-order valence-electron chi connectivity index (χ1n) is 7.64. The predicted molar refractivity (Wildman–Crippen MR) is 85.5 cm³/mol. The molecule has 0 saturated heterocycles. The fourth-order valence-electron chi connectivity index (χ4n) is 2.68. The molecular formula is C17H21N3O3. The van der Waals surface area contributed by atoms with Crippen molar-refractivity contribution >= 4 is 5.91 Å². The minimum Gasteiger partial charge on any atom is -0.493 e. The molecule has 0 unspecified atom stereocenters. The highest BCUT2D eigenvalue weighted by Gasteiger charge is 2.33. The van der Waals surface area contributed by atoms with E-state index in [1.54, 1.807) is 20.4 Å². The number of aromatic nitrogens is 2. The highest BCUT2D eigenvalue weighted by molar-refractivity contribution is 5.81. The predicted octanol–water partition coefficient (Wildman–Crippen LogP) is 2.05. The summed E-state index contributed by atoms with van der Waals surface area (Å²) in [4.78, 5) is 16.7. The van der Waals surface area contributed by atoms with Crippen LogP contribution in [0.2, 0.25) is 0 Å². The topological polar surface area (TPSA) is 65.4 Å². The normalized spacial score (nSPS) is 15.1. The molecule has 0 aliphatic heterocycles. The van der Waals surface area contributed by atoms with Crippen LogP contribution in [0.3, 0.4) is 0 Å². The van der Waals surface area contributed by atoms with Gasteiger partial charge in [0.05, 0.1) is 14.2 Å². The Hall–Kier alpha value is -2.50. The molecule has 1 aliphatic carbocycles. The van der Waals surface area contributed by atoms with Gasteiger partial charge >= 0.3 is 0 Å². The zero-order valence-electron chi connectivity index (χ0n) is 13.6. The Kier molecular flexibility index (Phi) is 4.23. The van der Waals surface area contributed by atoms with Gasteiger partial charge in [-0.3, -0.25) is 4.79 Å². The summed E-state index contributed by atoms with van der Waals surface area (Å²) >= 11 is 0. The monoisotopic (exact) mass is 315 g/mol. The number of nitrogens with one attached hydrogen (secondary N) is 1. The van der Waals surface area contributed by atoms with E-state index in [4.69, 9.17) is 9.47 Å². The van der Waals surface area contributed by atoms with Crippen LogP contribution in [-0.4, -0.2) is 29.7 Å². The first-order valence-corrected chi connectivity index (χ1v) is 7.64. The number of rotatable bonds is 6. The summed E-state index contributed by atoms with van der Waals surface area (Å²) in [5.41, 5.74) is 0.829. The molecule has 122 valence electrons. The van der Waals surface area contributed by atoms with Crippen LogP contribution in [0, 0.1) is 5.92 Å². The van der Waals surface area contributed by atoms with Crippen molar-refractivity contribution in [2.45, 2.75) is 18.9 Å². The van der Waals surface area contributed by atoms with Crippen LogP contribution in [0.5, 0.6) is 11.5 Å². The van der Waals surface area contributed by atoms with Gasteiger partial charge in [-0.1, -0.05) is 12.1 Å². The Labute approximate surface area is 135 Å². The lowest BCUT2D eigenvalue weighted by Crippen LogP contribution is -2.32. The second-order valence-electron chi connectivity index (χ2n) is 5.69. The van der Waals surface area contributed by atoms with Gasteiger partial charge in [-0.25, -0.2) is 4.98 Å². The van der Waals surface area contributed by atoms with Crippen molar-refractivity contribution in [2.24, 2.45) is 13.0 Å². The van der Waals surface area contributed by atoms with Gasteiger partial charge in [0.25, 0.3) is 0 Å². The standard InChI is InChI=1S/C17H21N3O3/c1-20-10-9-18-16(20)14(19-17(21)11-7-8-11)12-5-4-6-13(22-2)15(12)23-3/h4-6,9-11,14H,7-8H2,1-3H3,(H,19,21)/t14-/m0/s1. The van der Waals surface area contributed by atoms with Gasteiger partial charge in [0.1, 0.15) is 11.9 Å². The van der Waals surface area contributed by atoms with Crippen molar-refractivity contribution in [1.82, 2.24) is 14.9 Å². The third-order valence-corrected chi connectivity index (χ3v) is 4.10. The fraction of sp³-hybridized carbons (Fsp3) is 0.412. The molecule has 1 amide bonds. The van der Waals surface area contributed by atoms with Gasteiger partial charge in [-0.2, -0.15) is 0 Å². The minimum absolute atomic E-state index is 0.0582. The van der Waals surface area contributed by atoms with E-state index in [2.05, 4.69) is 10.3 Å². The zero-order valence-corrected chi connectivity index (χ0v) is 13.6. The maximum Gasteiger partial charge on any atom is 0.223 e. The summed E-state index contributed by atoms with van der Waals surface area (Å²) in [6, 6.07) is 5.26. The highest BCUT2D eigenvalue weighted by Crippen LogP contribution is 2.38. The van der Waals surface area contributed by atoms with Crippen molar-refractivity contribution in [3.8, 4) is 11.5 Å². The number of carbonyl (C=O) groups excluding carboxylic acids is 1.